The molecule has 0 aliphatic heterocycles. The number of likely N-dealkylation sites (N-methyl/N-ethyl adjacent to an activating group) is 1. The number of hydrogen-bond donors (Lipinski definition) is 1. The summed E-state index contributed by atoms with van der Waals surface area (Å²) in [5.41, 5.74) is 3.44. The monoisotopic (exact) mass is 343 g/mol. The number of nitrogens with zero attached hydrogens (tertiary/aromatic N) is 2. The number of carbonyl (C=O) groups is 1. The molecule has 0 atom stereocenters. The zero-order valence-corrected chi connectivity index (χ0v) is 15.0. The second-order valence-corrected chi connectivity index (χ2v) is 6.07. The highest BCUT2D eigenvalue weighted by Crippen LogP contribution is 2.25. The lowest BCUT2D eigenvalue weighted by Gasteiger charge is -2.12. The molecule has 0 unspecified atom stereocenters. The van der Waals surface area contributed by atoms with E-state index in [1.807, 2.05) is 62.3 Å². The Morgan fingerprint density at radius 2 is 1.92 bits per heavy atom. The van der Waals surface area contributed by atoms with Crippen LogP contribution in [0.25, 0.3) is 21.8 Å². The van der Waals surface area contributed by atoms with Gasteiger partial charge < -0.3 is 10.2 Å². The number of amides is 1. The second-order valence-electron chi connectivity index (χ2n) is 6.07. The van der Waals surface area contributed by atoms with Crippen molar-refractivity contribution in [1.82, 2.24) is 15.2 Å². The highest BCUT2D eigenvalue weighted by atomic mass is 35.5. The smallest absolute Gasteiger partial charge is 0.253 e. The number of hydrogen-bond acceptors (Lipinski definition) is 3. The van der Waals surface area contributed by atoms with E-state index in [-0.39, 0.29) is 18.3 Å². The number of fused-ring (bicyclic) bond motifs is 2. The van der Waals surface area contributed by atoms with E-state index in [1.54, 1.807) is 0 Å². The van der Waals surface area contributed by atoms with Gasteiger partial charge in [0.15, 0.2) is 0 Å². The molecule has 3 aromatic rings. The standard InChI is InChI=1S/C19H21N3O.ClH/c1-13-8-9-15(19(23)20-10-11-22(2)3)18-16(13)12-14-6-4-5-7-17(14)21-18;/h4-9,12H,10-11H2,1-3H3,(H,20,23);1H. The average molecular weight is 344 g/mol. The van der Waals surface area contributed by atoms with Crippen molar-refractivity contribution in [3.05, 3.63) is 53.6 Å². The van der Waals surface area contributed by atoms with E-state index in [9.17, 15) is 4.79 Å². The number of aryl methyl sites for hydroxylation is 1. The van der Waals surface area contributed by atoms with Crippen molar-refractivity contribution in [3.8, 4) is 0 Å². The van der Waals surface area contributed by atoms with Crippen LogP contribution < -0.4 is 5.32 Å². The van der Waals surface area contributed by atoms with Crippen LogP contribution in [0.1, 0.15) is 15.9 Å². The lowest BCUT2D eigenvalue weighted by molar-refractivity contribution is 0.0952. The van der Waals surface area contributed by atoms with Gasteiger partial charge in [-0.2, -0.15) is 0 Å². The Hall–Kier alpha value is -2.17. The maximum atomic E-state index is 12.5. The molecule has 0 fully saturated rings. The molecule has 126 valence electrons. The van der Waals surface area contributed by atoms with Gasteiger partial charge in [0.05, 0.1) is 16.6 Å². The van der Waals surface area contributed by atoms with Gasteiger partial charge in [0.1, 0.15) is 0 Å². The Morgan fingerprint density at radius 1 is 1.17 bits per heavy atom. The van der Waals surface area contributed by atoms with Crippen LogP contribution >= 0.6 is 12.4 Å². The third-order valence-electron chi connectivity index (χ3n) is 3.99. The van der Waals surface area contributed by atoms with Gasteiger partial charge in [-0.25, -0.2) is 4.98 Å². The topological polar surface area (TPSA) is 45.2 Å². The quantitative estimate of drug-likeness (QED) is 0.738. The van der Waals surface area contributed by atoms with Gasteiger partial charge in [-0.05, 0) is 44.8 Å². The van der Waals surface area contributed by atoms with E-state index in [1.165, 1.54) is 0 Å². The molecule has 5 heteroatoms. The third kappa shape index (κ3) is 3.66. The average Bonchev–Trinajstić information content (AvgIpc) is 2.53. The van der Waals surface area contributed by atoms with E-state index >= 15 is 0 Å². The first kappa shape index (κ1) is 18.2. The summed E-state index contributed by atoms with van der Waals surface area (Å²) in [5.74, 6) is -0.0698. The molecule has 0 aliphatic rings. The lowest BCUT2D eigenvalue weighted by atomic mass is 10.0. The molecule has 2 aromatic carbocycles. The molecule has 1 N–H and O–H groups in total. The minimum absolute atomic E-state index is 0. The minimum atomic E-state index is -0.0698. The Morgan fingerprint density at radius 3 is 2.67 bits per heavy atom. The van der Waals surface area contributed by atoms with E-state index < -0.39 is 0 Å². The van der Waals surface area contributed by atoms with Gasteiger partial charge in [0.2, 0.25) is 0 Å². The van der Waals surface area contributed by atoms with Crippen LogP contribution in [-0.2, 0) is 0 Å². The first-order valence-corrected chi connectivity index (χ1v) is 7.78. The van der Waals surface area contributed by atoms with Crippen LogP contribution in [0.3, 0.4) is 0 Å². The van der Waals surface area contributed by atoms with Crippen LogP contribution in [-0.4, -0.2) is 43.0 Å². The summed E-state index contributed by atoms with van der Waals surface area (Å²) < 4.78 is 0. The van der Waals surface area contributed by atoms with Gasteiger partial charge >= 0.3 is 0 Å². The van der Waals surface area contributed by atoms with Crippen molar-refractivity contribution in [3.63, 3.8) is 0 Å². The molecule has 0 radical (unpaired) electrons. The fraction of sp³-hybridized carbons (Fsp3) is 0.263. The van der Waals surface area contributed by atoms with Crippen LogP contribution in [0, 0.1) is 6.92 Å². The van der Waals surface area contributed by atoms with Gasteiger partial charge in [0, 0.05) is 23.9 Å². The Bertz CT molecular complexity index is 877. The summed E-state index contributed by atoms with van der Waals surface area (Å²) in [6, 6.07) is 14.0. The van der Waals surface area contributed by atoms with Gasteiger partial charge in [-0.1, -0.05) is 24.3 Å². The fourth-order valence-electron chi connectivity index (χ4n) is 2.67. The molecule has 0 bridgehead atoms. The number of benzene rings is 2. The molecule has 0 spiro atoms. The molecule has 1 amide bonds. The predicted octanol–water partition coefficient (Wildman–Crippen LogP) is 3.41. The number of nitrogens with one attached hydrogen (secondary N) is 1. The Labute approximate surface area is 148 Å². The molecule has 4 nitrogen and oxygen atoms in total. The molecule has 0 saturated carbocycles. The molecule has 0 saturated heterocycles. The van der Waals surface area contributed by atoms with E-state index in [0.717, 1.165) is 33.9 Å². The van der Waals surface area contributed by atoms with E-state index in [4.69, 9.17) is 4.98 Å². The summed E-state index contributed by atoms with van der Waals surface area (Å²) in [6.45, 7) is 3.48. The highest BCUT2D eigenvalue weighted by molar-refractivity contribution is 6.08. The highest BCUT2D eigenvalue weighted by Gasteiger charge is 2.13. The number of rotatable bonds is 4. The first-order chi connectivity index (χ1) is 11.1. The SMILES string of the molecule is Cc1ccc(C(=O)NCCN(C)C)c2nc3ccccc3cc12.Cl. The van der Waals surface area contributed by atoms with Crippen molar-refractivity contribution in [2.45, 2.75) is 6.92 Å². The number of aromatic nitrogens is 1. The zero-order valence-electron chi connectivity index (χ0n) is 14.2. The Kier molecular flexibility index (Phi) is 5.75. The molecule has 1 heterocycles. The largest absolute Gasteiger partial charge is 0.351 e. The normalized spacial score (nSPS) is 10.8. The Balaban J connectivity index is 0.00000208. The van der Waals surface area contributed by atoms with Crippen molar-refractivity contribution >= 4 is 40.1 Å². The van der Waals surface area contributed by atoms with Crippen molar-refractivity contribution < 1.29 is 4.79 Å². The van der Waals surface area contributed by atoms with Crippen molar-refractivity contribution in [2.24, 2.45) is 0 Å². The van der Waals surface area contributed by atoms with E-state index in [2.05, 4.69) is 11.4 Å². The number of para-hydroxylation sites is 1. The van der Waals surface area contributed by atoms with Gasteiger partial charge in [-0.3, -0.25) is 4.79 Å². The summed E-state index contributed by atoms with van der Waals surface area (Å²) in [4.78, 5) is 19.3. The van der Waals surface area contributed by atoms with Crippen LogP contribution in [0.15, 0.2) is 42.5 Å². The number of halogens is 1. The maximum Gasteiger partial charge on any atom is 0.253 e. The molecule has 1 aromatic heterocycles. The molecule has 0 aliphatic carbocycles. The summed E-state index contributed by atoms with van der Waals surface area (Å²) in [6.07, 6.45) is 0. The molecular weight excluding hydrogens is 322 g/mol. The van der Waals surface area contributed by atoms with Crippen LogP contribution in [0.2, 0.25) is 0 Å². The minimum Gasteiger partial charge on any atom is -0.351 e. The number of pyridine rings is 1. The predicted molar refractivity (Wildman–Crippen MR) is 102 cm³/mol. The summed E-state index contributed by atoms with van der Waals surface area (Å²) in [7, 11) is 3.97. The van der Waals surface area contributed by atoms with E-state index in [0.29, 0.717) is 12.1 Å². The van der Waals surface area contributed by atoms with Gasteiger partial charge in [-0.15, -0.1) is 12.4 Å². The zero-order chi connectivity index (χ0) is 16.4. The third-order valence-corrected chi connectivity index (χ3v) is 3.99. The summed E-state index contributed by atoms with van der Waals surface area (Å²) >= 11 is 0. The van der Waals surface area contributed by atoms with Crippen LogP contribution in [0.5, 0.6) is 0 Å². The fourth-order valence-corrected chi connectivity index (χ4v) is 2.67. The summed E-state index contributed by atoms with van der Waals surface area (Å²) in [5, 5.41) is 5.09. The second kappa shape index (κ2) is 7.60. The molecule has 3 rings (SSSR count). The van der Waals surface area contributed by atoms with Crippen LogP contribution in [0.4, 0.5) is 0 Å². The molecular formula is C19H22ClN3O. The first-order valence-electron chi connectivity index (χ1n) is 7.78. The lowest BCUT2D eigenvalue weighted by Crippen LogP contribution is -2.31. The van der Waals surface area contributed by atoms with Crippen molar-refractivity contribution in [1.29, 1.82) is 0 Å². The number of carbonyl (C=O) groups excluding carboxylic acids is 1. The maximum absolute atomic E-state index is 12.5. The molecule has 24 heavy (non-hydrogen) atoms. The van der Waals surface area contributed by atoms with Gasteiger partial charge in [0.25, 0.3) is 5.91 Å². The van der Waals surface area contributed by atoms with Crippen molar-refractivity contribution in [2.75, 3.05) is 27.2 Å².